The van der Waals surface area contributed by atoms with Gasteiger partial charge >= 0.3 is 0 Å². The predicted octanol–water partition coefficient (Wildman–Crippen LogP) is 4.17. The molecule has 4 nitrogen and oxygen atoms in total. The third-order valence-electron chi connectivity index (χ3n) is 5.89. The van der Waals surface area contributed by atoms with Gasteiger partial charge in [0.1, 0.15) is 6.26 Å². The molecule has 0 bridgehead atoms. The normalized spacial score (nSPS) is 22.0. The molecular weight excluding hydrogens is 302 g/mol. The second-order valence-electron chi connectivity index (χ2n) is 7.18. The smallest absolute Gasteiger partial charge is 0.168 e. The van der Waals surface area contributed by atoms with Crippen molar-refractivity contribution in [1.82, 2.24) is 5.16 Å². The van der Waals surface area contributed by atoms with Crippen LogP contribution >= 0.6 is 0 Å². The molecule has 1 spiro atoms. The van der Waals surface area contributed by atoms with Gasteiger partial charge in [0, 0.05) is 18.4 Å². The molecule has 2 aliphatic rings. The molecule has 2 aromatic rings. The van der Waals surface area contributed by atoms with Gasteiger partial charge in [-0.15, -0.1) is 0 Å². The first kappa shape index (κ1) is 15.9. The lowest BCUT2D eigenvalue weighted by Crippen LogP contribution is -2.42. The molecule has 0 N–H and O–H groups in total. The van der Waals surface area contributed by atoms with Gasteiger partial charge < -0.3 is 14.0 Å². The molecule has 1 aromatic heterocycles. The van der Waals surface area contributed by atoms with E-state index in [1.54, 1.807) is 6.26 Å². The van der Waals surface area contributed by atoms with Crippen LogP contribution in [0, 0.1) is 6.92 Å². The summed E-state index contributed by atoms with van der Waals surface area (Å²) in [4.78, 5) is 0. The van der Waals surface area contributed by atoms with E-state index in [1.807, 2.05) is 6.92 Å². The first-order valence-corrected chi connectivity index (χ1v) is 8.95. The standard InChI is InChI=1S/C20H25NO3/c1-16-17(15-24-21-16)7-8-19(18-5-3-2-4-6-18)9-11-20(12-10-19)22-13-14-23-20/h2-6,15H,7-14H2,1H3. The summed E-state index contributed by atoms with van der Waals surface area (Å²) in [6.45, 7) is 3.49. The van der Waals surface area contributed by atoms with Crippen molar-refractivity contribution >= 4 is 0 Å². The molecule has 2 heterocycles. The van der Waals surface area contributed by atoms with Gasteiger partial charge in [-0.05, 0) is 43.6 Å². The van der Waals surface area contributed by atoms with E-state index in [0.29, 0.717) is 0 Å². The summed E-state index contributed by atoms with van der Waals surface area (Å²) in [6, 6.07) is 10.9. The SMILES string of the molecule is Cc1nocc1CCC1(c2ccccc2)CCC2(CC1)OCCO2. The van der Waals surface area contributed by atoms with E-state index in [0.717, 1.165) is 57.4 Å². The molecule has 24 heavy (non-hydrogen) atoms. The zero-order valence-electron chi connectivity index (χ0n) is 14.3. The van der Waals surface area contributed by atoms with Crippen LogP contribution in [-0.2, 0) is 21.3 Å². The summed E-state index contributed by atoms with van der Waals surface area (Å²) < 4.78 is 17.0. The van der Waals surface area contributed by atoms with Crippen molar-refractivity contribution in [3.05, 3.63) is 53.4 Å². The van der Waals surface area contributed by atoms with Crippen LogP contribution in [0.15, 0.2) is 41.1 Å². The number of aromatic nitrogens is 1. The average Bonchev–Trinajstić information content (AvgIpc) is 3.25. The first-order valence-electron chi connectivity index (χ1n) is 8.95. The Bertz CT molecular complexity index is 663. The molecule has 1 aliphatic heterocycles. The molecule has 0 amide bonds. The zero-order chi connectivity index (χ0) is 16.5. The third kappa shape index (κ3) is 2.89. The highest BCUT2D eigenvalue weighted by Gasteiger charge is 2.46. The second-order valence-corrected chi connectivity index (χ2v) is 7.18. The van der Waals surface area contributed by atoms with Gasteiger partial charge in [-0.2, -0.15) is 0 Å². The Morgan fingerprint density at radius 2 is 1.71 bits per heavy atom. The van der Waals surface area contributed by atoms with Gasteiger partial charge in [0.2, 0.25) is 0 Å². The van der Waals surface area contributed by atoms with Crippen LogP contribution in [0.3, 0.4) is 0 Å². The Morgan fingerprint density at radius 3 is 2.33 bits per heavy atom. The molecule has 0 unspecified atom stereocenters. The zero-order valence-corrected chi connectivity index (χ0v) is 14.3. The van der Waals surface area contributed by atoms with Crippen LogP contribution in [0.4, 0.5) is 0 Å². The van der Waals surface area contributed by atoms with Crippen LogP contribution < -0.4 is 0 Å². The summed E-state index contributed by atoms with van der Waals surface area (Å²) in [7, 11) is 0. The Morgan fingerprint density at radius 1 is 1.00 bits per heavy atom. The van der Waals surface area contributed by atoms with E-state index in [2.05, 4.69) is 35.5 Å². The summed E-state index contributed by atoms with van der Waals surface area (Å²) in [6.07, 6.45) is 8.05. The summed E-state index contributed by atoms with van der Waals surface area (Å²) >= 11 is 0. The highest BCUT2D eigenvalue weighted by Crippen LogP contribution is 2.48. The van der Waals surface area contributed by atoms with E-state index < -0.39 is 0 Å². The number of benzene rings is 1. The number of hydrogen-bond acceptors (Lipinski definition) is 4. The van der Waals surface area contributed by atoms with E-state index in [1.165, 1.54) is 11.1 Å². The molecule has 1 saturated carbocycles. The van der Waals surface area contributed by atoms with Gasteiger partial charge in [0.05, 0.1) is 18.9 Å². The molecule has 1 saturated heterocycles. The molecule has 4 heteroatoms. The first-order chi connectivity index (χ1) is 11.7. The third-order valence-corrected chi connectivity index (χ3v) is 5.89. The van der Waals surface area contributed by atoms with Crippen LogP contribution in [0.2, 0.25) is 0 Å². The van der Waals surface area contributed by atoms with E-state index >= 15 is 0 Å². The van der Waals surface area contributed by atoms with Crippen molar-refractivity contribution in [2.75, 3.05) is 13.2 Å². The van der Waals surface area contributed by atoms with Gasteiger partial charge in [-0.3, -0.25) is 0 Å². The van der Waals surface area contributed by atoms with Gasteiger partial charge in [0.25, 0.3) is 0 Å². The van der Waals surface area contributed by atoms with Crippen LogP contribution in [0.1, 0.15) is 48.9 Å². The van der Waals surface area contributed by atoms with Crippen LogP contribution in [-0.4, -0.2) is 24.2 Å². The Labute approximate surface area is 143 Å². The van der Waals surface area contributed by atoms with Gasteiger partial charge in [-0.25, -0.2) is 0 Å². The van der Waals surface area contributed by atoms with Crippen LogP contribution in [0.5, 0.6) is 0 Å². The monoisotopic (exact) mass is 327 g/mol. The predicted molar refractivity (Wildman–Crippen MR) is 90.8 cm³/mol. The minimum Gasteiger partial charge on any atom is -0.364 e. The summed E-state index contributed by atoms with van der Waals surface area (Å²) in [5.41, 5.74) is 3.85. The van der Waals surface area contributed by atoms with Gasteiger partial charge in [0.15, 0.2) is 5.79 Å². The molecule has 1 aromatic carbocycles. The minimum absolute atomic E-state index is 0.186. The van der Waals surface area contributed by atoms with Crippen molar-refractivity contribution < 1.29 is 14.0 Å². The quantitative estimate of drug-likeness (QED) is 0.845. The molecule has 4 rings (SSSR count). The topological polar surface area (TPSA) is 44.5 Å². The van der Waals surface area contributed by atoms with E-state index in [9.17, 15) is 0 Å². The fourth-order valence-corrected chi connectivity index (χ4v) is 4.30. The highest BCUT2D eigenvalue weighted by atomic mass is 16.7. The largest absolute Gasteiger partial charge is 0.364 e. The van der Waals surface area contributed by atoms with Crippen molar-refractivity contribution in [1.29, 1.82) is 0 Å². The Kier molecular flexibility index (Phi) is 4.19. The fraction of sp³-hybridized carbons (Fsp3) is 0.550. The van der Waals surface area contributed by atoms with Crippen molar-refractivity contribution in [2.45, 2.75) is 56.7 Å². The molecular formula is C20H25NO3. The molecule has 1 aliphatic carbocycles. The Hall–Kier alpha value is -1.65. The average molecular weight is 327 g/mol. The van der Waals surface area contributed by atoms with Gasteiger partial charge in [-0.1, -0.05) is 35.5 Å². The number of ether oxygens (including phenoxy) is 2. The second kappa shape index (κ2) is 6.34. The van der Waals surface area contributed by atoms with E-state index in [-0.39, 0.29) is 11.2 Å². The molecule has 0 radical (unpaired) electrons. The lowest BCUT2D eigenvalue weighted by Gasteiger charge is -2.44. The molecule has 0 atom stereocenters. The summed E-state index contributed by atoms with van der Waals surface area (Å²) in [5.74, 6) is -0.314. The maximum atomic E-state index is 5.93. The van der Waals surface area contributed by atoms with Crippen molar-refractivity contribution in [2.24, 2.45) is 0 Å². The maximum Gasteiger partial charge on any atom is 0.168 e. The Balaban J connectivity index is 1.56. The van der Waals surface area contributed by atoms with Crippen molar-refractivity contribution in [3.8, 4) is 0 Å². The molecule has 2 fully saturated rings. The number of hydrogen-bond donors (Lipinski definition) is 0. The maximum absolute atomic E-state index is 5.93. The van der Waals surface area contributed by atoms with E-state index in [4.69, 9.17) is 14.0 Å². The van der Waals surface area contributed by atoms with Crippen molar-refractivity contribution in [3.63, 3.8) is 0 Å². The fourth-order valence-electron chi connectivity index (χ4n) is 4.30. The number of rotatable bonds is 4. The highest BCUT2D eigenvalue weighted by molar-refractivity contribution is 5.27. The lowest BCUT2D eigenvalue weighted by atomic mass is 9.65. The lowest BCUT2D eigenvalue weighted by molar-refractivity contribution is -0.185. The van der Waals surface area contributed by atoms with Crippen LogP contribution in [0.25, 0.3) is 0 Å². The molecule has 128 valence electrons. The number of nitrogens with zero attached hydrogens (tertiary/aromatic N) is 1. The number of aryl methyl sites for hydroxylation is 2. The minimum atomic E-state index is -0.314. The summed E-state index contributed by atoms with van der Waals surface area (Å²) in [5, 5.41) is 4.02.